The van der Waals surface area contributed by atoms with Gasteiger partial charge in [0.25, 0.3) is 0 Å². The molecule has 1 aliphatic heterocycles. The van der Waals surface area contributed by atoms with E-state index in [4.69, 9.17) is 5.73 Å². The highest BCUT2D eigenvalue weighted by molar-refractivity contribution is 5.88. The number of benzene rings is 1. The van der Waals surface area contributed by atoms with Gasteiger partial charge in [-0.3, -0.25) is 4.79 Å². The number of anilines is 2. The molecule has 0 spiro atoms. The van der Waals surface area contributed by atoms with Crippen molar-refractivity contribution in [2.45, 2.75) is 33.2 Å². The number of hydrogen-bond donors (Lipinski definition) is 2. The van der Waals surface area contributed by atoms with Crippen molar-refractivity contribution in [2.24, 2.45) is 5.92 Å². The van der Waals surface area contributed by atoms with E-state index in [0.717, 1.165) is 24.3 Å². The molecule has 4 nitrogen and oxygen atoms in total. The lowest BCUT2D eigenvalue weighted by molar-refractivity contribution is -0.122. The van der Waals surface area contributed by atoms with E-state index in [-0.39, 0.29) is 11.9 Å². The number of carbonyl (C=O) groups is 1. The number of nitrogens with zero attached hydrogens (tertiary/aromatic N) is 1. The molecule has 104 valence electrons. The van der Waals surface area contributed by atoms with Gasteiger partial charge in [0.1, 0.15) is 6.04 Å². The molecule has 1 heterocycles. The molecule has 1 aliphatic rings. The average molecular weight is 261 g/mol. The van der Waals surface area contributed by atoms with Crippen molar-refractivity contribution in [3.8, 4) is 0 Å². The van der Waals surface area contributed by atoms with Gasteiger partial charge in [0, 0.05) is 13.1 Å². The van der Waals surface area contributed by atoms with Crippen LogP contribution in [0.15, 0.2) is 18.2 Å². The van der Waals surface area contributed by atoms with Gasteiger partial charge < -0.3 is 16.0 Å². The van der Waals surface area contributed by atoms with Gasteiger partial charge in [-0.25, -0.2) is 0 Å². The number of nitrogen functional groups attached to an aromatic ring is 1. The van der Waals surface area contributed by atoms with Crippen LogP contribution in [0, 0.1) is 5.92 Å². The second-order valence-electron chi connectivity index (χ2n) is 5.61. The Morgan fingerprint density at radius 3 is 2.84 bits per heavy atom. The summed E-state index contributed by atoms with van der Waals surface area (Å²) >= 11 is 0. The summed E-state index contributed by atoms with van der Waals surface area (Å²) in [5, 5.41) is 2.99. The van der Waals surface area contributed by atoms with Crippen molar-refractivity contribution in [2.75, 3.05) is 23.7 Å². The minimum absolute atomic E-state index is 0.0739. The maximum atomic E-state index is 12.2. The highest BCUT2D eigenvalue weighted by Crippen LogP contribution is 2.34. The highest BCUT2D eigenvalue weighted by Gasteiger charge is 2.29. The third-order valence-electron chi connectivity index (χ3n) is 3.59. The van der Waals surface area contributed by atoms with E-state index in [1.165, 1.54) is 5.56 Å². The van der Waals surface area contributed by atoms with Crippen LogP contribution in [0.25, 0.3) is 0 Å². The highest BCUT2D eigenvalue weighted by atomic mass is 16.2. The summed E-state index contributed by atoms with van der Waals surface area (Å²) in [4.78, 5) is 14.3. The Bertz CT molecular complexity index is 470. The number of carbonyl (C=O) groups excluding carboxylic acids is 1. The van der Waals surface area contributed by atoms with Crippen LogP contribution in [0.5, 0.6) is 0 Å². The van der Waals surface area contributed by atoms with E-state index >= 15 is 0 Å². The molecule has 3 N–H and O–H groups in total. The number of rotatable bonds is 4. The SMILES string of the molecule is CC(C)CNC(=O)C(C)N1CCc2cccc(N)c21. The van der Waals surface area contributed by atoms with Crippen LogP contribution in [0.3, 0.4) is 0 Å². The summed E-state index contributed by atoms with van der Waals surface area (Å²) in [6, 6.07) is 5.78. The van der Waals surface area contributed by atoms with Crippen molar-refractivity contribution in [3.63, 3.8) is 0 Å². The summed E-state index contributed by atoms with van der Waals surface area (Å²) in [7, 11) is 0. The molecule has 19 heavy (non-hydrogen) atoms. The molecular weight excluding hydrogens is 238 g/mol. The zero-order valence-corrected chi connectivity index (χ0v) is 11.9. The number of amides is 1. The number of nitrogens with two attached hydrogens (primary N) is 1. The zero-order chi connectivity index (χ0) is 14.0. The molecule has 1 aromatic rings. The normalized spacial score (nSPS) is 15.5. The van der Waals surface area contributed by atoms with Gasteiger partial charge >= 0.3 is 0 Å². The number of hydrogen-bond acceptors (Lipinski definition) is 3. The minimum atomic E-state index is -0.176. The Hall–Kier alpha value is -1.71. The largest absolute Gasteiger partial charge is 0.397 e. The lowest BCUT2D eigenvalue weighted by Crippen LogP contribution is -2.45. The van der Waals surface area contributed by atoms with E-state index in [1.807, 2.05) is 19.1 Å². The number of nitrogens with one attached hydrogen (secondary N) is 1. The van der Waals surface area contributed by atoms with Gasteiger partial charge in [-0.05, 0) is 30.9 Å². The Morgan fingerprint density at radius 2 is 2.16 bits per heavy atom. The maximum Gasteiger partial charge on any atom is 0.242 e. The molecule has 0 bridgehead atoms. The second kappa shape index (κ2) is 5.51. The molecule has 1 atom stereocenters. The molecule has 0 radical (unpaired) electrons. The van der Waals surface area contributed by atoms with Crippen LogP contribution in [0.4, 0.5) is 11.4 Å². The van der Waals surface area contributed by atoms with Crippen LogP contribution in [0.1, 0.15) is 26.3 Å². The minimum Gasteiger partial charge on any atom is -0.397 e. The molecule has 0 saturated heterocycles. The zero-order valence-electron chi connectivity index (χ0n) is 11.9. The predicted octanol–water partition coefficient (Wildman–Crippen LogP) is 1.79. The summed E-state index contributed by atoms with van der Waals surface area (Å²) < 4.78 is 0. The van der Waals surface area contributed by atoms with E-state index in [0.29, 0.717) is 12.5 Å². The summed E-state index contributed by atoms with van der Waals surface area (Å²) in [5.74, 6) is 0.539. The second-order valence-corrected chi connectivity index (χ2v) is 5.61. The van der Waals surface area contributed by atoms with Crippen molar-refractivity contribution in [1.29, 1.82) is 0 Å². The molecule has 0 saturated carbocycles. The lowest BCUT2D eigenvalue weighted by atomic mass is 10.1. The summed E-state index contributed by atoms with van der Waals surface area (Å²) in [6.45, 7) is 7.70. The van der Waals surface area contributed by atoms with Crippen molar-refractivity contribution in [1.82, 2.24) is 5.32 Å². The lowest BCUT2D eigenvalue weighted by Gasteiger charge is -2.27. The van der Waals surface area contributed by atoms with Gasteiger partial charge in [0.15, 0.2) is 0 Å². The van der Waals surface area contributed by atoms with Crippen molar-refractivity contribution < 1.29 is 4.79 Å². The molecule has 0 aromatic heterocycles. The van der Waals surface area contributed by atoms with E-state index < -0.39 is 0 Å². The molecule has 1 unspecified atom stereocenters. The Labute approximate surface area is 115 Å². The molecule has 0 aliphatic carbocycles. The first-order valence-corrected chi connectivity index (χ1v) is 6.92. The first kappa shape index (κ1) is 13.7. The van der Waals surface area contributed by atoms with Gasteiger partial charge in [0.2, 0.25) is 5.91 Å². The molecule has 1 aromatic carbocycles. The first-order valence-electron chi connectivity index (χ1n) is 6.92. The van der Waals surface area contributed by atoms with Gasteiger partial charge in [-0.15, -0.1) is 0 Å². The molecule has 1 amide bonds. The fourth-order valence-electron chi connectivity index (χ4n) is 2.50. The van der Waals surface area contributed by atoms with Crippen LogP contribution >= 0.6 is 0 Å². The van der Waals surface area contributed by atoms with Gasteiger partial charge in [-0.2, -0.15) is 0 Å². The van der Waals surface area contributed by atoms with Gasteiger partial charge in [0.05, 0.1) is 11.4 Å². The molecular formula is C15H23N3O. The van der Waals surface area contributed by atoms with E-state index in [2.05, 4.69) is 30.1 Å². The molecule has 0 fully saturated rings. The van der Waals surface area contributed by atoms with Crippen LogP contribution in [-0.2, 0) is 11.2 Å². The van der Waals surface area contributed by atoms with Crippen LogP contribution in [0.2, 0.25) is 0 Å². The van der Waals surface area contributed by atoms with Crippen LogP contribution in [-0.4, -0.2) is 25.0 Å². The summed E-state index contributed by atoms with van der Waals surface area (Å²) in [5.41, 5.74) is 9.09. The predicted molar refractivity (Wildman–Crippen MR) is 79.2 cm³/mol. The Morgan fingerprint density at radius 1 is 1.42 bits per heavy atom. The third-order valence-corrected chi connectivity index (χ3v) is 3.59. The fraction of sp³-hybridized carbons (Fsp3) is 0.533. The Balaban J connectivity index is 2.10. The molecule has 2 rings (SSSR count). The summed E-state index contributed by atoms with van der Waals surface area (Å²) in [6.07, 6.45) is 0.960. The fourth-order valence-corrected chi connectivity index (χ4v) is 2.50. The topological polar surface area (TPSA) is 58.4 Å². The van der Waals surface area contributed by atoms with Crippen LogP contribution < -0.4 is 16.0 Å². The molecule has 4 heteroatoms. The third kappa shape index (κ3) is 2.83. The Kier molecular flexibility index (Phi) is 3.98. The average Bonchev–Trinajstić information content (AvgIpc) is 2.80. The van der Waals surface area contributed by atoms with E-state index in [9.17, 15) is 4.79 Å². The number of fused-ring (bicyclic) bond motifs is 1. The maximum absolute atomic E-state index is 12.2. The van der Waals surface area contributed by atoms with Gasteiger partial charge in [-0.1, -0.05) is 26.0 Å². The van der Waals surface area contributed by atoms with Crippen molar-refractivity contribution >= 4 is 17.3 Å². The number of para-hydroxylation sites is 1. The van der Waals surface area contributed by atoms with E-state index in [1.54, 1.807) is 0 Å². The first-order chi connectivity index (χ1) is 9.00. The standard InChI is InChI=1S/C15H23N3O/c1-10(2)9-17-15(19)11(3)18-8-7-12-5-4-6-13(16)14(12)18/h4-6,10-11H,7-9,16H2,1-3H3,(H,17,19). The quantitative estimate of drug-likeness (QED) is 0.812. The monoisotopic (exact) mass is 261 g/mol. The van der Waals surface area contributed by atoms with Crippen molar-refractivity contribution in [3.05, 3.63) is 23.8 Å². The smallest absolute Gasteiger partial charge is 0.242 e.